The summed E-state index contributed by atoms with van der Waals surface area (Å²) in [6, 6.07) is 0. The highest BCUT2D eigenvalue weighted by Crippen LogP contribution is 1.96. The summed E-state index contributed by atoms with van der Waals surface area (Å²) < 4.78 is 24.3. The van der Waals surface area contributed by atoms with Crippen molar-refractivity contribution in [1.82, 2.24) is 19.8 Å². The molecule has 0 fully saturated rings. The van der Waals surface area contributed by atoms with Crippen LogP contribution in [0.15, 0.2) is 4.99 Å². The number of aliphatic imine (C=N–C) groups is 1. The highest BCUT2D eigenvalue weighted by atomic mass is 32.2. The largest absolute Gasteiger partial charge is 0.343 e. The molecule has 8 heteroatoms. The molecule has 1 aliphatic heterocycles. The SMILES string of the molecule is CN(C)CCCN1CN=C(NS(C)(=O)=O)NC1. The lowest BCUT2D eigenvalue weighted by Gasteiger charge is -2.27. The third-order valence-corrected chi connectivity index (χ3v) is 2.82. The van der Waals surface area contributed by atoms with Gasteiger partial charge in [0.25, 0.3) is 0 Å². The highest BCUT2D eigenvalue weighted by molar-refractivity contribution is 7.89. The minimum Gasteiger partial charge on any atom is -0.343 e. The third kappa shape index (κ3) is 6.44. The van der Waals surface area contributed by atoms with E-state index in [4.69, 9.17) is 0 Å². The van der Waals surface area contributed by atoms with Gasteiger partial charge in [-0.1, -0.05) is 0 Å². The lowest BCUT2D eigenvalue weighted by molar-refractivity contribution is 0.246. The number of hydrogen-bond acceptors (Lipinski definition) is 6. The van der Waals surface area contributed by atoms with E-state index >= 15 is 0 Å². The fourth-order valence-corrected chi connectivity index (χ4v) is 1.96. The fourth-order valence-electron chi connectivity index (χ4n) is 1.47. The van der Waals surface area contributed by atoms with Gasteiger partial charge in [0.05, 0.1) is 19.6 Å². The van der Waals surface area contributed by atoms with E-state index in [2.05, 4.69) is 24.8 Å². The van der Waals surface area contributed by atoms with E-state index in [-0.39, 0.29) is 0 Å². The molecule has 0 aromatic heterocycles. The van der Waals surface area contributed by atoms with E-state index in [9.17, 15) is 8.42 Å². The molecule has 1 rings (SSSR count). The van der Waals surface area contributed by atoms with Crippen LogP contribution in [0.2, 0.25) is 0 Å². The Kier molecular flexibility index (Phi) is 5.16. The molecule has 0 bridgehead atoms. The Morgan fingerprint density at radius 1 is 1.53 bits per heavy atom. The quantitative estimate of drug-likeness (QED) is 0.642. The van der Waals surface area contributed by atoms with E-state index in [1.165, 1.54) is 0 Å². The van der Waals surface area contributed by atoms with Crippen molar-refractivity contribution in [3.63, 3.8) is 0 Å². The van der Waals surface area contributed by atoms with Gasteiger partial charge in [0.15, 0.2) is 0 Å². The van der Waals surface area contributed by atoms with Crippen LogP contribution in [0.4, 0.5) is 0 Å². The predicted octanol–water partition coefficient (Wildman–Crippen LogP) is -1.34. The molecule has 1 aliphatic rings. The highest BCUT2D eigenvalue weighted by Gasteiger charge is 2.13. The molecule has 0 saturated heterocycles. The second kappa shape index (κ2) is 6.18. The zero-order chi connectivity index (χ0) is 12.9. The maximum atomic E-state index is 11.0. The molecule has 1 heterocycles. The van der Waals surface area contributed by atoms with Gasteiger partial charge in [0.1, 0.15) is 0 Å². The van der Waals surface area contributed by atoms with Gasteiger partial charge in [0, 0.05) is 6.54 Å². The van der Waals surface area contributed by atoms with Crippen molar-refractivity contribution in [2.45, 2.75) is 6.42 Å². The Hall–Kier alpha value is -0.860. The summed E-state index contributed by atoms with van der Waals surface area (Å²) >= 11 is 0. The maximum absolute atomic E-state index is 11.0. The van der Waals surface area contributed by atoms with Crippen LogP contribution >= 0.6 is 0 Å². The number of nitrogens with one attached hydrogen (secondary N) is 2. The number of sulfonamides is 1. The molecular weight excluding hydrogens is 242 g/mol. The summed E-state index contributed by atoms with van der Waals surface area (Å²) in [4.78, 5) is 8.38. The fraction of sp³-hybridized carbons (Fsp3) is 0.889. The van der Waals surface area contributed by atoms with Crippen molar-refractivity contribution in [3.8, 4) is 0 Å². The molecule has 0 amide bonds. The van der Waals surface area contributed by atoms with Crippen LogP contribution in [0.5, 0.6) is 0 Å². The summed E-state index contributed by atoms with van der Waals surface area (Å²) in [6.07, 6.45) is 2.18. The smallest absolute Gasteiger partial charge is 0.232 e. The molecule has 17 heavy (non-hydrogen) atoms. The first-order valence-corrected chi connectivity index (χ1v) is 7.39. The molecule has 0 spiro atoms. The van der Waals surface area contributed by atoms with E-state index in [1.807, 2.05) is 14.1 Å². The minimum absolute atomic E-state index is 0.330. The van der Waals surface area contributed by atoms with E-state index in [0.717, 1.165) is 25.8 Å². The van der Waals surface area contributed by atoms with Crippen LogP contribution in [0, 0.1) is 0 Å². The molecule has 7 nitrogen and oxygen atoms in total. The molecule has 0 aliphatic carbocycles. The number of hydrogen-bond donors (Lipinski definition) is 2. The van der Waals surface area contributed by atoms with Gasteiger partial charge in [0.2, 0.25) is 16.0 Å². The zero-order valence-corrected chi connectivity index (χ0v) is 11.4. The lowest BCUT2D eigenvalue weighted by Crippen LogP contribution is -2.50. The second-order valence-electron chi connectivity index (χ2n) is 4.41. The van der Waals surface area contributed by atoms with Gasteiger partial charge in [-0.3, -0.25) is 9.62 Å². The molecule has 0 aromatic carbocycles. The standard InChI is InChI=1S/C9H21N5O2S/c1-13(2)5-4-6-14-7-10-9(11-8-14)12-17(3,15)16/h4-8H2,1-3H3,(H2,10,11,12). The molecule has 0 atom stereocenters. The molecule has 100 valence electrons. The average molecular weight is 263 g/mol. The summed E-state index contributed by atoms with van der Waals surface area (Å²) in [5, 5.41) is 2.94. The summed E-state index contributed by atoms with van der Waals surface area (Å²) in [5.74, 6) is 0.330. The van der Waals surface area contributed by atoms with E-state index in [0.29, 0.717) is 19.3 Å². The predicted molar refractivity (Wildman–Crippen MR) is 68.2 cm³/mol. The van der Waals surface area contributed by atoms with Crippen LogP contribution in [0.25, 0.3) is 0 Å². The van der Waals surface area contributed by atoms with Crippen LogP contribution in [0.1, 0.15) is 6.42 Å². The maximum Gasteiger partial charge on any atom is 0.232 e. The third-order valence-electron chi connectivity index (χ3n) is 2.26. The van der Waals surface area contributed by atoms with Crippen molar-refractivity contribution in [2.75, 3.05) is 46.8 Å². The van der Waals surface area contributed by atoms with Crippen molar-refractivity contribution in [3.05, 3.63) is 0 Å². The summed E-state index contributed by atoms with van der Waals surface area (Å²) in [6.45, 7) is 3.13. The first-order valence-electron chi connectivity index (χ1n) is 5.50. The van der Waals surface area contributed by atoms with Crippen molar-refractivity contribution in [2.24, 2.45) is 4.99 Å². The topological polar surface area (TPSA) is 77.0 Å². The van der Waals surface area contributed by atoms with Crippen molar-refractivity contribution < 1.29 is 8.42 Å². The normalized spacial score (nSPS) is 17.8. The van der Waals surface area contributed by atoms with Crippen molar-refractivity contribution in [1.29, 1.82) is 0 Å². The van der Waals surface area contributed by atoms with Crippen LogP contribution in [-0.2, 0) is 10.0 Å². The van der Waals surface area contributed by atoms with Gasteiger partial charge >= 0.3 is 0 Å². The van der Waals surface area contributed by atoms with Gasteiger partial charge < -0.3 is 10.2 Å². The van der Waals surface area contributed by atoms with Gasteiger partial charge in [-0.15, -0.1) is 0 Å². The van der Waals surface area contributed by atoms with Gasteiger partial charge in [-0.2, -0.15) is 0 Å². The molecule has 2 N–H and O–H groups in total. The Morgan fingerprint density at radius 3 is 2.71 bits per heavy atom. The average Bonchev–Trinajstić information content (AvgIpc) is 2.18. The van der Waals surface area contributed by atoms with Crippen LogP contribution in [0.3, 0.4) is 0 Å². The molecule has 0 saturated carbocycles. The number of rotatable bonds is 5. The Balaban J connectivity index is 2.29. The monoisotopic (exact) mass is 263 g/mol. The van der Waals surface area contributed by atoms with E-state index in [1.54, 1.807) is 0 Å². The van der Waals surface area contributed by atoms with Gasteiger partial charge in [-0.25, -0.2) is 13.4 Å². The Labute approximate surface area is 103 Å². The Bertz CT molecular complexity index is 366. The molecule has 0 radical (unpaired) electrons. The Morgan fingerprint density at radius 2 is 2.24 bits per heavy atom. The molecule has 0 unspecified atom stereocenters. The number of nitrogens with zero attached hydrogens (tertiary/aromatic N) is 3. The van der Waals surface area contributed by atoms with Crippen LogP contribution in [-0.4, -0.2) is 71.0 Å². The van der Waals surface area contributed by atoms with Crippen molar-refractivity contribution >= 4 is 16.0 Å². The first kappa shape index (κ1) is 14.2. The van der Waals surface area contributed by atoms with Gasteiger partial charge in [-0.05, 0) is 27.1 Å². The summed E-state index contributed by atoms with van der Waals surface area (Å²) in [5.41, 5.74) is 0. The first-order chi connectivity index (χ1) is 7.87. The second-order valence-corrected chi connectivity index (χ2v) is 6.16. The number of guanidine groups is 1. The lowest BCUT2D eigenvalue weighted by atomic mass is 10.4. The zero-order valence-electron chi connectivity index (χ0n) is 10.6. The molecular formula is C9H21N5O2S. The van der Waals surface area contributed by atoms with Crippen LogP contribution < -0.4 is 10.0 Å². The summed E-state index contributed by atoms with van der Waals surface area (Å²) in [7, 11) is 0.847. The minimum atomic E-state index is -3.24. The van der Waals surface area contributed by atoms with E-state index < -0.39 is 10.0 Å². The molecule has 0 aromatic rings.